The van der Waals surface area contributed by atoms with Crippen LogP contribution in [0.3, 0.4) is 0 Å². The van der Waals surface area contributed by atoms with Gasteiger partial charge in [-0.2, -0.15) is 0 Å². The first kappa shape index (κ1) is 22.0. The van der Waals surface area contributed by atoms with Crippen molar-refractivity contribution >= 4 is 45.1 Å². The van der Waals surface area contributed by atoms with Crippen LogP contribution in [0.15, 0.2) is 53.0 Å². The summed E-state index contributed by atoms with van der Waals surface area (Å²) in [5.41, 5.74) is 2.57. The molecular formula is C21H23BrN2O3S. The Labute approximate surface area is 179 Å². The second-order valence-corrected chi connectivity index (χ2v) is 7.43. The van der Waals surface area contributed by atoms with Gasteiger partial charge in [0.25, 0.3) is 5.91 Å². The average molecular weight is 463 g/mol. The second kappa shape index (κ2) is 10.9. The number of halogens is 1. The molecule has 0 aromatic heterocycles. The topological polar surface area (TPSA) is 58.6 Å². The fraction of sp³-hybridized carbons (Fsp3) is 0.286. The lowest BCUT2D eigenvalue weighted by Crippen LogP contribution is -2.43. The van der Waals surface area contributed by atoms with E-state index in [9.17, 15) is 9.59 Å². The van der Waals surface area contributed by atoms with E-state index in [0.29, 0.717) is 25.3 Å². The Morgan fingerprint density at radius 3 is 2.54 bits per heavy atom. The van der Waals surface area contributed by atoms with E-state index in [2.05, 4.69) is 21.2 Å². The summed E-state index contributed by atoms with van der Waals surface area (Å²) < 4.78 is 5.85. The smallest absolute Gasteiger partial charge is 0.307 e. The Morgan fingerprint density at radius 1 is 1.18 bits per heavy atom. The molecule has 2 aromatic carbocycles. The SMILES string of the molecule is CCOC(=O)CCN(Cc1ccccc1)C(=S)NC(=O)c1ccc(C)c(Br)c1. The summed E-state index contributed by atoms with van der Waals surface area (Å²) >= 11 is 8.89. The predicted molar refractivity (Wildman–Crippen MR) is 117 cm³/mol. The van der Waals surface area contributed by atoms with Gasteiger partial charge in [-0.05, 0) is 49.3 Å². The number of amides is 1. The molecule has 0 unspecified atom stereocenters. The van der Waals surface area contributed by atoms with Crippen LogP contribution in [0.4, 0.5) is 0 Å². The van der Waals surface area contributed by atoms with Crippen molar-refractivity contribution in [3.63, 3.8) is 0 Å². The van der Waals surface area contributed by atoms with Gasteiger partial charge in [0.1, 0.15) is 0 Å². The summed E-state index contributed by atoms with van der Waals surface area (Å²) in [6.45, 7) is 4.89. The van der Waals surface area contributed by atoms with Gasteiger partial charge in [0.05, 0.1) is 13.0 Å². The van der Waals surface area contributed by atoms with E-state index in [1.165, 1.54) is 0 Å². The number of hydrogen-bond acceptors (Lipinski definition) is 4. The largest absolute Gasteiger partial charge is 0.466 e. The van der Waals surface area contributed by atoms with Crippen molar-refractivity contribution in [2.24, 2.45) is 0 Å². The molecule has 0 saturated heterocycles. The summed E-state index contributed by atoms with van der Waals surface area (Å²) in [7, 11) is 0. The molecule has 0 saturated carbocycles. The molecule has 2 aromatic rings. The van der Waals surface area contributed by atoms with E-state index in [-0.39, 0.29) is 23.4 Å². The van der Waals surface area contributed by atoms with Crippen molar-refractivity contribution in [3.05, 3.63) is 69.7 Å². The lowest BCUT2D eigenvalue weighted by Gasteiger charge is -2.25. The second-order valence-electron chi connectivity index (χ2n) is 6.19. The molecule has 1 N–H and O–H groups in total. The number of benzene rings is 2. The van der Waals surface area contributed by atoms with Crippen molar-refractivity contribution in [1.82, 2.24) is 10.2 Å². The van der Waals surface area contributed by atoms with Crippen molar-refractivity contribution in [2.75, 3.05) is 13.2 Å². The van der Waals surface area contributed by atoms with Gasteiger partial charge in [-0.1, -0.05) is 52.3 Å². The Hall–Kier alpha value is -2.25. The van der Waals surface area contributed by atoms with E-state index in [1.807, 2.05) is 43.3 Å². The third kappa shape index (κ3) is 6.73. The van der Waals surface area contributed by atoms with E-state index in [4.69, 9.17) is 17.0 Å². The minimum absolute atomic E-state index is 0.187. The molecule has 0 aliphatic heterocycles. The van der Waals surface area contributed by atoms with Crippen molar-refractivity contribution in [3.8, 4) is 0 Å². The van der Waals surface area contributed by atoms with Crippen LogP contribution >= 0.6 is 28.1 Å². The highest BCUT2D eigenvalue weighted by molar-refractivity contribution is 9.10. The summed E-state index contributed by atoms with van der Waals surface area (Å²) in [5.74, 6) is -0.586. The first-order valence-corrected chi connectivity index (χ1v) is 10.2. The molecule has 0 aliphatic rings. The van der Waals surface area contributed by atoms with Crippen LogP contribution in [0.2, 0.25) is 0 Å². The number of carbonyl (C=O) groups excluding carboxylic acids is 2. The van der Waals surface area contributed by atoms with Gasteiger partial charge in [0, 0.05) is 23.1 Å². The summed E-state index contributed by atoms with van der Waals surface area (Å²) in [6, 6.07) is 15.1. The Bertz CT molecular complexity index is 843. The van der Waals surface area contributed by atoms with Crippen molar-refractivity contribution < 1.29 is 14.3 Å². The Balaban J connectivity index is 2.08. The van der Waals surface area contributed by atoms with Gasteiger partial charge in [0.2, 0.25) is 0 Å². The maximum absolute atomic E-state index is 12.6. The number of nitrogens with zero attached hydrogens (tertiary/aromatic N) is 1. The highest BCUT2D eigenvalue weighted by Crippen LogP contribution is 2.17. The molecule has 1 amide bonds. The van der Waals surface area contributed by atoms with Crippen molar-refractivity contribution in [2.45, 2.75) is 26.8 Å². The number of aryl methyl sites for hydroxylation is 1. The molecule has 0 spiro atoms. The van der Waals surface area contributed by atoms with Gasteiger partial charge in [0.15, 0.2) is 5.11 Å². The molecule has 0 bridgehead atoms. The zero-order valence-electron chi connectivity index (χ0n) is 15.9. The molecule has 28 heavy (non-hydrogen) atoms. The van der Waals surface area contributed by atoms with Crippen LogP contribution in [0.25, 0.3) is 0 Å². The maximum atomic E-state index is 12.6. The minimum atomic E-state index is -0.294. The molecule has 0 radical (unpaired) electrons. The molecule has 0 aliphatic carbocycles. The van der Waals surface area contributed by atoms with E-state index in [0.717, 1.165) is 15.6 Å². The van der Waals surface area contributed by atoms with Gasteiger partial charge in [-0.3, -0.25) is 14.9 Å². The average Bonchev–Trinajstić information content (AvgIpc) is 2.68. The lowest BCUT2D eigenvalue weighted by atomic mass is 10.1. The van der Waals surface area contributed by atoms with Crippen LogP contribution in [0, 0.1) is 6.92 Å². The molecule has 0 heterocycles. The third-order valence-corrected chi connectivity index (χ3v) is 5.26. The number of esters is 1. The number of rotatable bonds is 7. The normalized spacial score (nSPS) is 10.2. The molecule has 2 rings (SSSR count). The van der Waals surface area contributed by atoms with Crippen LogP contribution in [-0.4, -0.2) is 35.0 Å². The minimum Gasteiger partial charge on any atom is -0.466 e. The predicted octanol–water partition coefficient (Wildman–Crippen LogP) is 4.23. The van der Waals surface area contributed by atoms with Gasteiger partial charge in [-0.25, -0.2) is 0 Å². The number of thiocarbonyl (C=S) groups is 1. The summed E-state index contributed by atoms with van der Waals surface area (Å²) in [4.78, 5) is 26.1. The fourth-order valence-corrected chi connectivity index (χ4v) is 3.13. The van der Waals surface area contributed by atoms with Crippen molar-refractivity contribution in [1.29, 1.82) is 0 Å². The van der Waals surface area contributed by atoms with Gasteiger partial charge >= 0.3 is 5.97 Å². The van der Waals surface area contributed by atoms with Crippen LogP contribution in [0.5, 0.6) is 0 Å². The highest BCUT2D eigenvalue weighted by atomic mass is 79.9. The first-order valence-electron chi connectivity index (χ1n) is 8.96. The molecule has 7 heteroatoms. The van der Waals surface area contributed by atoms with Crippen LogP contribution in [-0.2, 0) is 16.1 Å². The number of hydrogen-bond donors (Lipinski definition) is 1. The molecule has 0 atom stereocenters. The first-order chi connectivity index (χ1) is 13.4. The highest BCUT2D eigenvalue weighted by Gasteiger charge is 2.16. The lowest BCUT2D eigenvalue weighted by molar-refractivity contribution is -0.143. The zero-order valence-corrected chi connectivity index (χ0v) is 18.3. The quantitative estimate of drug-likeness (QED) is 0.492. The maximum Gasteiger partial charge on any atom is 0.307 e. The summed E-state index contributed by atoms with van der Waals surface area (Å²) in [5, 5.41) is 3.04. The monoisotopic (exact) mass is 462 g/mol. The molecular weight excluding hydrogens is 440 g/mol. The summed E-state index contributed by atoms with van der Waals surface area (Å²) in [6.07, 6.45) is 0.187. The molecule has 0 fully saturated rings. The number of carbonyl (C=O) groups is 2. The van der Waals surface area contributed by atoms with E-state index < -0.39 is 0 Å². The zero-order chi connectivity index (χ0) is 20.5. The Morgan fingerprint density at radius 2 is 1.89 bits per heavy atom. The van der Waals surface area contributed by atoms with E-state index in [1.54, 1.807) is 24.0 Å². The number of ether oxygens (including phenoxy) is 1. The standard InChI is InChI=1S/C21H23BrN2O3S/c1-3-27-19(25)11-12-24(14-16-7-5-4-6-8-16)21(28)23-20(26)17-10-9-15(2)18(22)13-17/h4-10,13H,3,11-12,14H2,1-2H3,(H,23,26,28). The van der Waals surface area contributed by atoms with Crippen LogP contribution in [0.1, 0.15) is 34.8 Å². The molecule has 148 valence electrons. The third-order valence-electron chi connectivity index (χ3n) is 4.05. The number of nitrogens with one attached hydrogen (secondary N) is 1. The van der Waals surface area contributed by atoms with Crippen LogP contribution < -0.4 is 5.32 Å². The van der Waals surface area contributed by atoms with E-state index >= 15 is 0 Å². The fourth-order valence-electron chi connectivity index (χ4n) is 2.50. The Kier molecular flexibility index (Phi) is 8.60. The van der Waals surface area contributed by atoms with Gasteiger partial charge in [-0.15, -0.1) is 0 Å². The van der Waals surface area contributed by atoms with Gasteiger partial charge < -0.3 is 9.64 Å². The molecule has 5 nitrogen and oxygen atoms in total.